The second-order valence-electron chi connectivity index (χ2n) is 6.17. The molecule has 0 bridgehead atoms. The van der Waals surface area contributed by atoms with Gasteiger partial charge in [-0.1, -0.05) is 13.8 Å². The standard InChI is InChI=1S/C14H26N2O3/c1-11(2)4-7-15-12(17)10-16-8-5-14(3,6-9-16)13(18)19/h11H,4-10H2,1-3H3,(H,15,17)(H,18,19). The molecule has 5 nitrogen and oxygen atoms in total. The van der Waals surface area contributed by atoms with E-state index in [0.717, 1.165) is 13.0 Å². The van der Waals surface area contributed by atoms with Crippen molar-refractivity contribution in [1.29, 1.82) is 0 Å². The monoisotopic (exact) mass is 270 g/mol. The lowest BCUT2D eigenvalue weighted by Crippen LogP contribution is -2.46. The third-order valence-corrected chi connectivity index (χ3v) is 3.89. The molecule has 0 spiro atoms. The number of aliphatic carboxylic acids is 1. The molecule has 0 atom stereocenters. The summed E-state index contributed by atoms with van der Waals surface area (Å²) in [7, 11) is 0. The fourth-order valence-corrected chi connectivity index (χ4v) is 2.18. The zero-order valence-corrected chi connectivity index (χ0v) is 12.2. The molecule has 0 saturated carbocycles. The van der Waals surface area contributed by atoms with E-state index in [4.69, 9.17) is 5.11 Å². The number of carboxylic acids is 1. The number of nitrogens with zero attached hydrogens (tertiary/aromatic N) is 1. The van der Waals surface area contributed by atoms with Crippen molar-refractivity contribution in [3.05, 3.63) is 0 Å². The van der Waals surface area contributed by atoms with Gasteiger partial charge in [-0.3, -0.25) is 14.5 Å². The average molecular weight is 270 g/mol. The first-order valence-electron chi connectivity index (χ1n) is 7.06. The third kappa shape index (κ3) is 5.19. The molecule has 1 amide bonds. The lowest BCUT2D eigenvalue weighted by Gasteiger charge is -2.36. The van der Waals surface area contributed by atoms with E-state index >= 15 is 0 Å². The predicted molar refractivity (Wildman–Crippen MR) is 73.9 cm³/mol. The molecule has 110 valence electrons. The molecule has 0 radical (unpaired) electrons. The Bertz CT molecular complexity index is 321. The van der Waals surface area contributed by atoms with Gasteiger partial charge in [-0.05, 0) is 45.2 Å². The van der Waals surface area contributed by atoms with Crippen molar-refractivity contribution in [2.45, 2.75) is 40.0 Å². The number of carbonyl (C=O) groups excluding carboxylic acids is 1. The van der Waals surface area contributed by atoms with Gasteiger partial charge in [0, 0.05) is 6.54 Å². The third-order valence-electron chi connectivity index (χ3n) is 3.89. The highest BCUT2D eigenvalue weighted by Crippen LogP contribution is 2.30. The van der Waals surface area contributed by atoms with Crippen molar-refractivity contribution >= 4 is 11.9 Å². The molecular formula is C14H26N2O3. The molecular weight excluding hydrogens is 244 g/mol. The van der Waals surface area contributed by atoms with Crippen LogP contribution >= 0.6 is 0 Å². The van der Waals surface area contributed by atoms with Crippen LogP contribution in [0.2, 0.25) is 0 Å². The van der Waals surface area contributed by atoms with Crippen molar-refractivity contribution in [3.63, 3.8) is 0 Å². The van der Waals surface area contributed by atoms with Crippen LogP contribution in [0.5, 0.6) is 0 Å². The zero-order valence-electron chi connectivity index (χ0n) is 12.2. The number of hydrogen-bond acceptors (Lipinski definition) is 3. The van der Waals surface area contributed by atoms with Gasteiger partial charge in [0.05, 0.1) is 12.0 Å². The summed E-state index contributed by atoms with van der Waals surface area (Å²) in [5.74, 6) is -0.0975. The highest BCUT2D eigenvalue weighted by Gasteiger charge is 2.36. The van der Waals surface area contributed by atoms with Gasteiger partial charge >= 0.3 is 5.97 Å². The van der Waals surface area contributed by atoms with E-state index in [9.17, 15) is 9.59 Å². The molecule has 0 unspecified atom stereocenters. The average Bonchev–Trinajstić information content (AvgIpc) is 2.31. The molecule has 1 saturated heterocycles. The minimum atomic E-state index is -0.728. The van der Waals surface area contributed by atoms with Crippen LogP contribution in [0.4, 0.5) is 0 Å². The molecule has 1 aliphatic heterocycles. The molecule has 1 rings (SSSR count). The van der Waals surface area contributed by atoms with E-state index in [1.54, 1.807) is 6.92 Å². The molecule has 0 aromatic rings. The van der Waals surface area contributed by atoms with Gasteiger partial charge in [0.15, 0.2) is 0 Å². The van der Waals surface area contributed by atoms with E-state index in [-0.39, 0.29) is 5.91 Å². The van der Waals surface area contributed by atoms with Crippen LogP contribution in [-0.2, 0) is 9.59 Å². The Kier molecular flexibility index (Phi) is 5.79. The molecule has 5 heteroatoms. The van der Waals surface area contributed by atoms with Gasteiger partial charge in [-0.25, -0.2) is 0 Å². The van der Waals surface area contributed by atoms with Crippen molar-refractivity contribution in [3.8, 4) is 0 Å². The molecule has 0 aromatic carbocycles. The van der Waals surface area contributed by atoms with Crippen LogP contribution in [-0.4, -0.2) is 48.1 Å². The first-order valence-corrected chi connectivity index (χ1v) is 7.06. The lowest BCUT2D eigenvalue weighted by atomic mass is 9.80. The molecule has 1 aliphatic rings. The summed E-state index contributed by atoms with van der Waals surface area (Å²) in [5.41, 5.74) is -0.620. The van der Waals surface area contributed by atoms with Crippen LogP contribution in [0.25, 0.3) is 0 Å². The second-order valence-corrected chi connectivity index (χ2v) is 6.17. The van der Waals surface area contributed by atoms with Crippen molar-refractivity contribution in [2.75, 3.05) is 26.2 Å². The van der Waals surface area contributed by atoms with Gasteiger partial charge in [-0.15, -0.1) is 0 Å². The molecule has 0 aromatic heterocycles. The summed E-state index contributed by atoms with van der Waals surface area (Å²) >= 11 is 0. The predicted octanol–water partition coefficient (Wildman–Crippen LogP) is 1.34. The Morgan fingerprint density at radius 3 is 2.37 bits per heavy atom. The lowest BCUT2D eigenvalue weighted by molar-refractivity contribution is -0.150. The van der Waals surface area contributed by atoms with Crippen LogP contribution in [0, 0.1) is 11.3 Å². The Morgan fingerprint density at radius 1 is 1.32 bits per heavy atom. The number of carboxylic acid groups (broad SMARTS) is 1. The first-order chi connectivity index (χ1) is 8.83. The van der Waals surface area contributed by atoms with Crippen LogP contribution in [0.3, 0.4) is 0 Å². The van der Waals surface area contributed by atoms with Crippen molar-refractivity contribution < 1.29 is 14.7 Å². The summed E-state index contributed by atoms with van der Waals surface area (Å²) in [6.45, 7) is 8.51. The van der Waals surface area contributed by atoms with Gasteiger partial charge in [0.2, 0.25) is 5.91 Å². The van der Waals surface area contributed by atoms with E-state index in [0.29, 0.717) is 38.4 Å². The van der Waals surface area contributed by atoms with Gasteiger partial charge < -0.3 is 10.4 Å². The van der Waals surface area contributed by atoms with Gasteiger partial charge in [0.1, 0.15) is 0 Å². The van der Waals surface area contributed by atoms with Crippen molar-refractivity contribution in [1.82, 2.24) is 10.2 Å². The Morgan fingerprint density at radius 2 is 1.89 bits per heavy atom. The quantitative estimate of drug-likeness (QED) is 0.764. The molecule has 2 N–H and O–H groups in total. The van der Waals surface area contributed by atoms with Crippen molar-refractivity contribution in [2.24, 2.45) is 11.3 Å². The largest absolute Gasteiger partial charge is 0.481 e. The number of carbonyl (C=O) groups is 2. The number of hydrogen-bond donors (Lipinski definition) is 2. The smallest absolute Gasteiger partial charge is 0.309 e. The van der Waals surface area contributed by atoms with E-state index in [2.05, 4.69) is 19.2 Å². The second kappa shape index (κ2) is 6.89. The topological polar surface area (TPSA) is 69.6 Å². The maximum absolute atomic E-state index is 11.7. The number of rotatable bonds is 6. The van der Waals surface area contributed by atoms with E-state index < -0.39 is 11.4 Å². The summed E-state index contributed by atoms with van der Waals surface area (Å²) in [6, 6.07) is 0. The minimum absolute atomic E-state index is 0.0413. The summed E-state index contributed by atoms with van der Waals surface area (Å²) in [4.78, 5) is 24.9. The number of amides is 1. The summed E-state index contributed by atoms with van der Waals surface area (Å²) in [5, 5.41) is 12.0. The Hall–Kier alpha value is -1.10. The van der Waals surface area contributed by atoms with Crippen LogP contribution < -0.4 is 5.32 Å². The minimum Gasteiger partial charge on any atom is -0.481 e. The Balaban J connectivity index is 2.25. The fourth-order valence-electron chi connectivity index (χ4n) is 2.18. The number of piperidine rings is 1. The Labute approximate surface area is 115 Å². The molecule has 1 fully saturated rings. The van der Waals surface area contributed by atoms with Gasteiger partial charge in [0.25, 0.3) is 0 Å². The van der Waals surface area contributed by atoms with E-state index in [1.807, 2.05) is 4.90 Å². The first kappa shape index (κ1) is 16.0. The normalized spacial score (nSPS) is 19.4. The summed E-state index contributed by atoms with van der Waals surface area (Å²) in [6.07, 6.45) is 2.21. The fraction of sp³-hybridized carbons (Fsp3) is 0.857. The molecule has 1 heterocycles. The number of likely N-dealkylation sites (tertiary alicyclic amines) is 1. The van der Waals surface area contributed by atoms with Crippen LogP contribution in [0.1, 0.15) is 40.0 Å². The van der Waals surface area contributed by atoms with Gasteiger partial charge in [-0.2, -0.15) is 0 Å². The maximum atomic E-state index is 11.7. The highest BCUT2D eigenvalue weighted by molar-refractivity contribution is 5.78. The zero-order chi connectivity index (χ0) is 14.5. The molecule has 0 aliphatic carbocycles. The SMILES string of the molecule is CC(C)CCNC(=O)CN1CCC(C)(C(=O)O)CC1. The molecule has 19 heavy (non-hydrogen) atoms. The summed E-state index contributed by atoms with van der Waals surface area (Å²) < 4.78 is 0. The van der Waals surface area contributed by atoms with Crippen LogP contribution in [0.15, 0.2) is 0 Å². The van der Waals surface area contributed by atoms with E-state index in [1.165, 1.54) is 0 Å². The highest BCUT2D eigenvalue weighted by atomic mass is 16.4. The maximum Gasteiger partial charge on any atom is 0.309 e. The number of nitrogens with one attached hydrogen (secondary N) is 1.